The van der Waals surface area contributed by atoms with Crippen molar-refractivity contribution in [1.82, 2.24) is 20.1 Å². The van der Waals surface area contributed by atoms with Crippen LogP contribution in [0.15, 0.2) is 66.3 Å². The van der Waals surface area contributed by atoms with Crippen LogP contribution in [0.25, 0.3) is 0 Å². The molecule has 1 aromatic heterocycles. The van der Waals surface area contributed by atoms with Crippen LogP contribution in [0.5, 0.6) is 0 Å². The fourth-order valence-corrected chi connectivity index (χ4v) is 3.79. The Hall–Kier alpha value is -3.46. The SMILES string of the molecule is C=CCn1c(CCNC(=O)c2ccccc2C)nnc1SCC(=O)Nc1cccc(F)c1. The smallest absolute Gasteiger partial charge is 0.251 e. The van der Waals surface area contributed by atoms with E-state index in [-0.39, 0.29) is 17.6 Å². The normalized spacial score (nSPS) is 10.6. The van der Waals surface area contributed by atoms with Crippen LogP contribution >= 0.6 is 11.8 Å². The molecule has 0 spiro atoms. The Kier molecular flexibility index (Phi) is 8.15. The molecule has 0 saturated carbocycles. The number of rotatable bonds is 10. The fourth-order valence-electron chi connectivity index (χ4n) is 3.03. The average molecular weight is 454 g/mol. The van der Waals surface area contributed by atoms with E-state index in [1.807, 2.05) is 29.7 Å². The van der Waals surface area contributed by atoms with Crippen molar-refractivity contribution in [3.63, 3.8) is 0 Å². The molecule has 0 atom stereocenters. The first-order valence-electron chi connectivity index (χ1n) is 10.0. The molecule has 3 rings (SSSR count). The lowest BCUT2D eigenvalue weighted by Gasteiger charge is -2.10. The quantitative estimate of drug-likeness (QED) is 0.362. The second-order valence-corrected chi connectivity index (χ2v) is 7.91. The number of aryl methyl sites for hydroxylation is 1. The molecule has 7 nitrogen and oxygen atoms in total. The number of aromatic nitrogens is 3. The van der Waals surface area contributed by atoms with Crippen LogP contribution in [0.1, 0.15) is 21.7 Å². The molecular formula is C23H24FN5O2S. The maximum absolute atomic E-state index is 13.3. The van der Waals surface area contributed by atoms with Crippen molar-refractivity contribution in [3.8, 4) is 0 Å². The largest absolute Gasteiger partial charge is 0.352 e. The number of anilines is 1. The van der Waals surface area contributed by atoms with Gasteiger partial charge in [-0.2, -0.15) is 0 Å². The maximum atomic E-state index is 13.3. The lowest BCUT2D eigenvalue weighted by Crippen LogP contribution is -2.27. The zero-order chi connectivity index (χ0) is 22.9. The van der Waals surface area contributed by atoms with Gasteiger partial charge in [-0.05, 0) is 36.8 Å². The van der Waals surface area contributed by atoms with Crippen molar-refractivity contribution in [2.75, 3.05) is 17.6 Å². The van der Waals surface area contributed by atoms with E-state index in [0.29, 0.717) is 41.7 Å². The number of hydrogen-bond donors (Lipinski definition) is 2. The fraction of sp³-hybridized carbons (Fsp3) is 0.217. The van der Waals surface area contributed by atoms with Gasteiger partial charge in [-0.15, -0.1) is 16.8 Å². The molecule has 166 valence electrons. The molecule has 1 heterocycles. The molecule has 0 radical (unpaired) electrons. The number of allylic oxidation sites excluding steroid dienone is 1. The first-order valence-corrected chi connectivity index (χ1v) is 11.0. The van der Waals surface area contributed by atoms with Crippen LogP contribution in [-0.4, -0.2) is 38.9 Å². The Balaban J connectivity index is 1.56. The molecule has 2 aromatic carbocycles. The number of nitrogens with zero attached hydrogens (tertiary/aromatic N) is 3. The van der Waals surface area contributed by atoms with Crippen LogP contribution in [-0.2, 0) is 17.8 Å². The van der Waals surface area contributed by atoms with Gasteiger partial charge in [-0.3, -0.25) is 9.59 Å². The predicted octanol–water partition coefficient (Wildman–Crippen LogP) is 3.61. The number of carbonyl (C=O) groups is 2. The number of hydrogen-bond acceptors (Lipinski definition) is 5. The molecule has 32 heavy (non-hydrogen) atoms. The van der Waals surface area contributed by atoms with E-state index >= 15 is 0 Å². The highest BCUT2D eigenvalue weighted by Gasteiger charge is 2.15. The van der Waals surface area contributed by atoms with Gasteiger partial charge in [0.05, 0.1) is 5.75 Å². The van der Waals surface area contributed by atoms with Gasteiger partial charge in [-0.1, -0.05) is 42.1 Å². The highest BCUT2D eigenvalue weighted by Crippen LogP contribution is 2.18. The Morgan fingerprint density at radius 2 is 2.00 bits per heavy atom. The monoisotopic (exact) mass is 453 g/mol. The molecule has 2 amide bonds. The number of amides is 2. The zero-order valence-electron chi connectivity index (χ0n) is 17.7. The van der Waals surface area contributed by atoms with Crippen molar-refractivity contribution in [3.05, 3.63) is 84.0 Å². The van der Waals surface area contributed by atoms with Gasteiger partial charge in [0.1, 0.15) is 11.6 Å². The Labute approximate surface area is 190 Å². The van der Waals surface area contributed by atoms with Crippen LogP contribution in [0.3, 0.4) is 0 Å². The standard InChI is InChI=1S/C23H24FN5O2S/c1-3-13-29-20(11-12-25-22(31)19-10-5-4-7-16(19)2)27-28-23(29)32-15-21(30)26-18-9-6-8-17(24)14-18/h3-10,14H,1,11-13,15H2,2H3,(H,25,31)(H,26,30). The molecule has 0 unspecified atom stereocenters. The number of carbonyl (C=O) groups excluding carboxylic acids is 2. The Morgan fingerprint density at radius 1 is 1.19 bits per heavy atom. The summed E-state index contributed by atoms with van der Waals surface area (Å²) in [6, 6.07) is 13.1. The summed E-state index contributed by atoms with van der Waals surface area (Å²) in [5.41, 5.74) is 1.95. The minimum absolute atomic E-state index is 0.0931. The van der Waals surface area contributed by atoms with E-state index < -0.39 is 5.82 Å². The van der Waals surface area contributed by atoms with Gasteiger partial charge in [-0.25, -0.2) is 4.39 Å². The highest BCUT2D eigenvalue weighted by molar-refractivity contribution is 7.99. The minimum atomic E-state index is -0.416. The molecular weight excluding hydrogens is 429 g/mol. The molecule has 0 aliphatic rings. The summed E-state index contributed by atoms with van der Waals surface area (Å²) in [6.45, 7) is 6.53. The molecule has 0 fully saturated rings. The van der Waals surface area contributed by atoms with E-state index in [9.17, 15) is 14.0 Å². The summed E-state index contributed by atoms with van der Waals surface area (Å²) in [5.74, 6) is -0.0545. The molecule has 3 aromatic rings. The summed E-state index contributed by atoms with van der Waals surface area (Å²) in [7, 11) is 0. The van der Waals surface area contributed by atoms with Crippen LogP contribution < -0.4 is 10.6 Å². The second kappa shape index (κ2) is 11.2. The lowest BCUT2D eigenvalue weighted by molar-refractivity contribution is -0.113. The third kappa shape index (κ3) is 6.27. The third-order valence-electron chi connectivity index (χ3n) is 4.57. The van der Waals surface area contributed by atoms with Gasteiger partial charge in [0, 0.05) is 30.8 Å². The van der Waals surface area contributed by atoms with E-state index in [4.69, 9.17) is 0 Å². The summed E-state index contributed by atoms with van der Waals surface area (Å²) >= 11 is 1.23. The molecule has 0 aliphatic heterocycles. The minimum Gasteiger partial charge on any atom is -0.352 e. The van der Waals surface area contributed by atoms with E-state index in [1.54, 1.807) is 18.2 Å². The number of thioether (sulfide) groups is 1. The zero-order valence-corrected chi connectivity index (χ0v) is 18.5. The van der Waals surface area contributed by atoms with Crippen molar-refractivity contribution in [1.29, 1.82) is 0 Å². The van der Waals surface area contributed by atoms with Gasteiger partial charge in [0.15, 0.2) is 5.16 Å². The molecule has 2 N–H and O–H groups in total. The molecule has 0 saturated heterocycles. The van der Waals surface area contributed by atoms with Gasteiger partial charge in [0.2, 0.25) is 5.91 Å². The van der Waals surface area contributed by atoms with Crippen molar-refractivity contribution >= 4 is 29.3 Å². The van der Waals surface area contributed by atoms with Crippen molar-refractivity contribution in [2.45, 2.75) is 25.0 Å². The summed E-state index contributed by atoms with van der Waals surface area (Å²) in [4.78, 5) is 24.6. The molecule has 0 bridgehead atoms. The number of nitrogens with one attached hydrogen (secondary N) is 2. The van der Waals surface area contributed by atoms with E-state index in [1.165, 1.54) is 30.0 Å². The Bertz CT molecular complexity index is 1120. The third-order valence-corrected chi connectivity index (χ3v) is 5.54. The topological polar surface area (TPSA) is 88.9 Å². The van der Waals surface area contributed by atoms with E-state index in [2.05, 4.69) is 27.4 Å². The summed E-state index contributed by atoms with van der Waals surface area (Å²) in [5, 5.41) is 14.5. The Morgan fingerprint density at radius 3 is 2.75 bits per heavy atom. The highest BCUT2D eigenvalue weighted by atomic mass is 32.2. The van der Waals surface area contributed by atoms with Gasteiger partial charge >= 0.3 is 0 Å². The van der Waals surface area contributed by atoms with Crippen LogP contribution in [0.2, 0.25) is 0 Å². The summed E-state index contributed by atoms with van der Waals surface area (Å²) in [6.07, 6.45) is 2.20. The maximum Gasteiger partial charge on any atom is 0.251 e. The van der Waals surface area contributed by atoms with Crippen molar-refractivity contribution in [2.24, 2.45) is 0 Å². The van der Waals surface area contributed by atoms with Crippen LogP contribution in [0, 0.1) is 12.7 Å². The number of halogens is 1. The first kappa shape index (κ1) is 23.2. The lowest BCUT2D eigenvalue weighted by atomic mass is 10.1. The summed E-state index contributed by atoms with van der Waals surface area (Å²) < 4.78 is 15.1. The average Bonchev–Trinajstić information content (AvgIpc) is 3.14. The van der Waals surface area contributed by atoms with Gasteiger partial charge < -0.3 is 15.2 Å². The number of benzene rings is 2. The van der Waals surface area contributed by atoms with Gasteiger partial charge in [0.25, 0.3) is 5.91 Å². The molecule has 9 heteroatoms. The second-order valence-electron chi connectivity index (χ2n) is 6.97. The first-order chi connectivity index (χ1) is 15.5. The van der Waals surface area contributed by atoms with E-state index in [0.717, 1.165) is 5.56 Å². The molecule has 0 aliphatic carbocycles. The predicted molar refractivity (Wildman–Crippen MR) is 123 cm³/mol. The van der Waals surface area contributed by atoms with Crippen LogP contribution in [0.4, 0.5) is 10.1 Å². The van der Waals surface area contributed by atoms with Crippen molar-refractivity contribution < 1.29 is 14.0 Å².